The number of rotatable bonds is 7. The van der Waals surface area contributed by atoms with Crippen molar-refractivity contribution in [2.45, 2.75) is 26.1 Å². The van der Waals surface area contributed by atoms with Crippen molar-refractivity contribution in [2.75, 3.05) is 26.7 Å². The Bertz CT molecular complexity index is 1200. The molecule has 34 heavy (non-hydrogen) atoms. The summed E-state index contributed by atoms with van der Waals surface area (Å²) in [4.78, 5) is 15.0. The number of nitriles is 1. The number of nitrogens with zero attached hydrogens (tertiary/aromatic N) is 2. The highest BCUT2D eigenvalue weighted by Crippen LogP contribution is 2.32. The summed E-state index contributed by atoms with van der Waals surface area (Å²) in [5.74, 6) is 0.589. The van der Waals surface area contributed by atoms with Crippen molar-refractivity contribution >= 4 is 5.91 Å². The Balaban J connectivity index is 1.50. The lowest BCUT2D eigenvalue weighted by molar-refractivity contribution is 0.0951. The van der Waals surface area contributed by atoms with Gasteiger partial charge in [-0.3, -0.25) is 9.69 Å². The second kappa shape index (κ2) is 11.0. The van der Waals surface area contributed by atoms with E-state index in [9.17, 15) is 4.79 Å². The molecule has 1 aliphatic rings. The average Bonchev–Trinajstić information content (AvgIpc) is 2.87. The molecule has 1 amide bonds. The molecule has 3 aromatic rings. The highest BCUT2D eigenvalue weighted by atomic mass is 16.5. The average molecular weight is 455 g/mol. The number of hydrogen-bond acceptors (Lipinski definition) is 5. The number of nitrogens with one attached hydrogen (secondary N) is 2. The molecule has 2 N–H and O–H groups in total. The number of piperazine rings is 1. The minimum atomic E-state index is -0.207. The van der Waals surface area contributed by atoms with Gasteiger partial charge in [-0.15, -0.1) is 0 Å². The lowest BCUT2D eigenvalue weighted by Crippen LogP contribution is -2.48. The molecule has 1 saturated heterocycles. The zero-order valence-electron chi connectivity index (χ0n) is 19.7. The first-order valence-corrected chi connectivity index (χ1v) is 11.6. The first kappa shape index (κ1) is 23.5. The molecule has 0 aromatic heterocycles. The Kier molecular flexibility index (Phi) is 7.58. The van der Waals surface area contributed by atoms with Gasteiger partial charge >= 0.3 is 0 Å². The fraction of sp³-hybridized carbons (Fsp3) is 0.286. The van der Waals surface area contributed by atoms with Crippen LogP contribution in [-0.4, -0.2) is 43.6 Å². The van der Waals surface area contributed by atoms with E-state index in [1.807, 2.05) is 12.1 Å². The minimum Gasteiger partial charge on any atom is -0.496 e. The molecule has 0 radical (unpaired) electrons. The molecule has 6 nitrogen and oxygen atoms in total. The number of carbonyl (C=O) groups excluding carboxylic acids is 1. The van der Waals surface area contributed by atoms with E-state index in [-0.39, 0.29) is 5.91 Å². The molecule has 1 aliphatic heterocycles. The SMILES string of the molecule is COc1ccc(CNC(=O)c2cccc(C#N)c2)cc1-c1cccc(CN2CCN[C@@H](C)C2)c1. The Hall–Kier alpha value is -3.66. The molecule has 4 rings (SSSR count). The zero-order valence-corrected chi connectivity index (χ0v) is 19.7. The van der Waals surface area contributed by atoms with Crippen molar-refractivity contribution in [3.8, 4) is 22.9 Å². The maximum Gasteiger partial charge on any atom is 0.251 e. The van der Waals surface area contributed by atoms with Gasteiger partial charge in [0.1, 0.15) is 5.75 Å². The molecule has 0 spiro atoms. The summed E-state index contributed by atoms with van der Waals surface area (Å²) in [6.45, 7) is 6.62. The lowest BCUT2D eigenvalue weighted by Gasteiger charge is -2.31. The maximum absolute atomic E-state index is 12.6. The largest absolute Gasteiger partial charge is 0.496 e. The molecular formula is C28H30N4O2. The molecule has 174 valence electrons. The molecule has 3 aromatic carbocycles. The first-order valence-electron chi connectivity index (χ1n) is 11.6. The predicted molar refractivity (Wildman–Crippen MR) is 133 cm³/mol. The van der Waals surface area contributed by atoms with E-state index in [4.69, 9.17) is 10.00 Å². The van der Waals surface area contributed by atoms with Crippen LogP contribution in [0.5, 0.6) is 5.75 Å². The van der Waals surface area contributed by atoms with Crippen LogP contribution >= 0.6 is 0 Å². The van der Waals surface area contributed by atoms with Crippen molar-refractivity contribution < 1.29 is 9.53 Å². The van der Waals surface area contributed by atoms with Gasteiger partial charge in [0.15, 0.2) is 0 Å². The van der Waals surface area contributed by atoms with Crippen molar-refractivity contribution in [3.63, 3.8) is 0 Å². The molecule has 1 fully saturated rings. The third-order valence-corrected chi connectivity index (χ3v) is 6.07. The molecular weight excluding hydrogens is 424 g/mol. The van der Waals surface area contributed by atoms with Gasteiger partial charge in [-0.05, 0) is 60.0 Å². The lowest BCUT2D eigenvalue weighted by atomic mass is 9.99. The Morgan fingerprint density at radius 2 is 2.00 bits per heavy atom. The fourth-order valence-electron chi connectivity index (χ4n) is 4.36. The number of ether oxygens (including phenoxy) is 1. The molecule has 6 heteroatoms. The molecule has 0 aliphatic carbocycles. The van der Waals surface area contributed by atoms with E-state index < -0.39 is 0 Å². The highest BCUT2D eigenvalue weighted by molar-refractivity contribution is 5.94. The quantitative estimate of drug-likeness (QED) is 0.565. The predicted octanol–water partition coefficient (Wildman–Crippen LogP) is 3.96. The molecule has 0 unspecified atom stereocenters. The number of carbonyl (C=O) groups is 1. The minimum absolute atomic E-state index is 0.207. The molecule has 1 atom stereocenters. The number of benzene rings is 3. The second-order valence-corrected chi connectivity index (χ2v) is 8.70. The number of amides is 1. The van der Waals surface area contributed by atoms with Crippen LogP contribution in [0.2, 0.25) is 0 Å². The van der Waals surface area contributed by atoms with Crippen molar-refractivity contribution in [1.29, 1.82) is 5.26 Å². The van der Waals surface area contributed by atoms with E-state index in [1.54, 1.807) is 31.4 Å². The van der Waals surface area contributed by atoms with Gasteiger partial charge < -0.3 is 15.4 Å². The van der Waals surface area contributed by atoms with E-state index >= 15 is 0 Å². The van der Waals surface area contributed by atoms with Crippen LogP contribution < -0.4 is 15.4 Å². The van der Waals surface area contributed by atoms with Crippen LogP contribution in [0, 0.1) is 11.3 Å². The summed E-state index contributed by atoms with van der Waals surface area (Å²) in [6.07, 6.45) is 0. The van der Waals surface area contributed by atoms with Gasteiger partial charge in [0.05, 0.1) is 18.7 Å². The van der Waals surface area contributed by atoms with E-state index in [1.165, 1.54) is 5.56 Å². The topological polar surface area (TPSA) is 77.4 Å². The van der Waals surface area contributed by atoms with Crippen LogP contribution in [0.3, 0.4) is 0 Å². The second-order valence-electron chi connectivity index (χ2n) is 8.70. The summed E-state index contributed by atoms with van der Waals surface area (Å²) >= 11 is 0. The van der Waals surface area contributed by atoms with E-state index in [0.29, 0.717) is 23.7 Å². The molecule has 0 bridgehead atoms. The third-order valence-electron chi connectivity index (χ3n) is 6.07. The van der Waals surface area contributed by atoms with Crippen LogP contribution in [-0.2, 0) is 13.1 Å². The molecule has 0 saturated carbocycles. The Labute approximate surface area is 201 Å². The van der Waals surface area contributed by atoms with Crippen molar-refractivity contribution in [2.24, 2.45) is 0 Å². The van der Waals surface area contributed by atoms with Gasteiger partial charge in [0.25, 0.3) is 5.91 Å². The van der Waals surface area contributed by atoms with Gasteiger partial charge in [0.2, 0.25) is 0 Å². The highest BCUT2D eigenvalue weighted by Gasteiger charge is 2.16. The number of methoxy groups -OCH3 is 1. The van der Waals surface area contributed by atoms with Crippen molar-refractivity contribution in [3.05, 3.63) is 89.0 Å². The van der Waals surface area contributed by atoms with Gasteiger partial charge in [0, 0.05) is 49.9 Å². The maximum atomic E-state index is 12.6. The van der Waals surface area contributed by atoms with Gasteiger partial charge in [-0.25, -0.2) is 0 Å². The summed E-state index contributed by atoms with van der Waals surface area (Å²) < 4.78 is 5.64. The summed E-state index contributed by atoms with van der Waals surface area (Å²) in [7, 11) is 1.68. The Morgan fingerprint density at radius 3 is 2.79 bits per heavy atom. The van der Waals surface area contributed by atoms with Gasteiger partial charge in [-0.2, -0.15) is 5.26 Å². The van der Waals surface area contributed by atoms with Crippen LogP contribution in [0.1, 0.15) is 34.0 Å². The van der Waals surface area contributed by atoms with Crippen LogP contribution in [0.25, 0.3) is 11.1 Å². The molecule has 1 heterocycles. The first-order chi connectivity index (χ1) is 16.6. The van der Waals surface area contributed by atoms with E-state index in [2.05, 4.69) is 58.9 Å². The fourth-order valence-corrected chi connectivity index (χ4v) is 4.36. The smallest absolute Gasteiger partial charge is 0.251 e. The summed E-state index contributed by atoms with van der Waals surface area (Å²) in [5, 5.41) is 15.5. The van der Waals surface area contributed by atoms with E-state index in [0.717, 1.165) is 48.6 Å². The van der Waals surface area contributed by atoms with Crippen molar-refractivity contribution in [1.82, 2.24) is 15.5 Å². The zero-order chi connectivity index (χ0) is 23.9. The number of hydrogen-bond donors (Lipinski definition) is 2. The monoisotopic (exact) mass is 454 g/mol. The van der Waals surface area contributed by atoms with Gasteiger partial charge in [-0.1, -0.05) is 30.3 Å². The summed E-state index contributed by atoms with van der Waals surface area (Å²) in [6, 6.07) is 23.8. The van der Waals surface area contributed by atoms with Crippen LogP contribution in [0.4, 0.5) is 0 Å². The Morgan fingerprint density at radius 1 is 1.15 bits per heavy atom. The summed E-state index contributed by atoms with van der Waals surface area (Å²) in [5.41, 5.74) is 5.27. The van der Waals surface area contributed by atoms with Crippen LogP contribution in [0.15, 0.2) is 66.7 Å². The standard InChI is InChI=1S/C28H30N4O2/c1-20-18-32(12-11-30-20)19-23-6-4-7-24(14-23)26-15-22(9-10-27(26)34-2)17-31-28(33)25-8-3-5-21(13-25)16-29/h3-10,13-15,20,30H,11-12,17-19H2,1-2H3,(H,31,33)/t20-/m0/s1. The third kappa shape index (κ3) is 5.82. The normalized spacial score (nSPS) is 16.0.